The average molecular weight is 222 g/mol. The van der Waals surface area contributed by atoms with E-state index >= 15 is 0 Å². The fraction of sp³-hybridized carbons (Fsp3) is 0.615. The van der Waals surface area contributed by atoms with Gasteiger partial charge in [0, 0.05) is 10.8 Å². The predicted molar refractivity (Wildman–Crippen MR) is 64.5 cm³/mol. The molecule has 15 heavy (non-hydrogen) atoms. The summed E-state index contributed by atoms with van der Waals surface area (Å²) in [7, 11) is 0. The van der Waals surface area contributed by atoms with Crippen molar-refractivity contribution in [3.05, 3.63) is 21.9 Å². The van der Waals surface area contributed by atoms with Gasteiger partial charge in [0.2, 0.25) is 0 Å². The molecule has 1 aromatic heterocycles. The predicted octanol–water partition coefficient (Wildman–Crippen LogP) is 4.07. The topological polar surface area (TPSA) is 17.1 Å². The van der Waals surface area contributed by atoms with Crippen LogP contribution >= 0.6 is 11.3 Å². The summed E-state index contributed by atoms with van der Waals surface area (Å²) in [5.74, 6) is 1.50. The van der Waals surface area contributed by atoms with Gasteiger partial charge >= 0.3 is 0 Å². The van der Waals surface area contributed by atoms with Crippen LogP contribution in [-0.2, 0) is 0 Å². The first-order chi connectivity index (χ1) is 7.20. The maximum Gasteiger partial charge on any atom is 0.175 e. The Labute approximate surface area is 95.5 Å². The lowest BCUT2D eigenvalue weighted by Crippen LogP contribution is -2.10. The first-order valence-corrected chi connectivity index (χ1v) is 6.63. The van der Waals surface area contributed by atoms with Crippen LogP contribution in [0.5, 0.6) is 0 Å². The van der Waals surface area contributed by atoms with Crippen LogP contribution in [0.2, 0.25) is 0 Å². The zero-order chi connectivity index (χ0) is 10.8. The number of hydrogen-bond acceptors (Lipinski definition) is 2. The molecule has 0 bridgehead atoms. The quantitative estimate of drug-likeness (QED) is 0.705. The first-order valence-electron chi connectivity index (χ1n) is 5.81. The second-order valence-corrected chi connectivity index (χ2v) is 5.85. The minimum Gasteiger partial charge on any atom is -0.293 e. The highest BCUT2D eigenvalue weighted by molar-refractivity contribution is 7.14. The maximum absolute atomic E-state index is 12.1. The smallest absolute Gasteiger partial charge is 0.175 e. The van der Waals surface area contributed by atoms with E-state index in [1.54, 1.807) is 11.3 Å². The van der Waals surface area contributed by atoms with Crippen molar-refractivity contribution in [3.8, 4) is 0 Å². The third kappa shape index (κ3) is 2.31. The largest absolute Gasteiger partial charge is 0.293 e. The molecule has 0 N–H and O–H groups in total. The summed E-state index contributed by atoms with van der Waals surface area (Å²) in [6, 6.07) is 4.03. The van der Waals surface area contributed by atoms with Gasteiger partial charge in [0.05, 0.1) is 4.88 Å². The summed E-state index contributed by atoms with van der Waals surface area (Å²) in [6.07, 6.45) is 4.70. The van der Waals surface area contributed by atoms with Gasteiger partial charge in [0.25, 0.3) is 0 Å². The Balaban J connectivity index is 2.03. The molecule has 0 spiro atoms. The Kier molecular flexibility index (Phi) is 3.25. The number of thiophene rings is 1. The molecule has 0 aromatic carbocycles. The fourth-order valence-corrected chi connectivity index (χ4v) is 3.34. The van der Waals surface area contributed by atoms with Gasteiger partial charge in [-0.1, -0.05) is 13.3 Å². The zero-order valence-corrected chi connectivity index (χ0v) is 10.3. The van der Waals surface area contributed by atoms with Crippen LogP contribution < -0.4 is 0 Å². The summed E-state index contributed by atoms with van der Waals surface area (Å²) in [4.78, 5) is 14.3. The molecule has 0 radical (unpaired) electrons. The molecule has 0 aliphatic heterocycles. The van der Waals surface area contributed by atoms with Crippen molar-refractivity contribution < 1.29 is 4.79 Å². The summed E-state index contributed by atoms with van der Waals surface area (Å²) >= 11 is 1.64. The van der Waals surface area contributed by atoms with Gasteiger partial charge in [-0.2, -0.15) is 0 Å². The van der Waals surface area contributed by atoms with Crippen LogP contribution in [0, 0.1) is 18.8 Å². The fourth-order valence-electron chi connectivity index (χ4n) is 2.45. The first kappa shape index (κ1) is 10.9. The molecular weight excluding hydrogens is 204 g/mol. The summed E-state index contributed by atoms with van der Waals surface area (Å²) in [6.45, 7) is 4.29. The zero-order valence-electron chi connectivity index (χ0n) is 9.45. The minimum absolute atomic E-state index is 0.313. The molecule has 2 atom stereocenters. The second-order valence-electron chi connectivity index (χ2n) is 4.56. The third-order valence-corrected chi connectivity index (χ3v) is 4.49. The van der Waals surface area contributed by atoms with Crippen molar-refractivity contribution in [2.45, 2.75) is 39.5 Å². The van der Waals surface area contributed by atoms with Crippen LogP contribution in [0.3, 0.4) is 0 Å². The van der Waals surface area contributed by atoms with Gasteiger partial charge in [-0.05, 0) is 44.2 Å². The summed E-state index contributed by atoms with van der Waals surface area (Å²) in [5, 5.41) is 0. The molecule has 1 aliphatic carbocycles. The molecule has 1 nitrogen and oxygen atoms in total. The normalized spacial score (nSPS) is 25.7. The van der Waals surface area contributed by atoms with E-state index in [0.29, 0.717) is 11.7 Å². The Morgan fingerprint density at radius 1 is 1.47 bits per heavy atom. The van der Waals surface area contributed by atoms with E-state index in [-0.39, 0.29) is 0 Å². The number of aryl methyl sites for hydroxylation is 1. The Morgan fingerprint density at radius 3 is 2.80 bits per heavy atom. The SMILES string of the molecule is CCC1CCC(C(=O)c2ccc(C)s2)C1. The standard InChI is InChI=1S/C13H18OS/c1-3-10-5-6-11(8-10)13(14)12-7-4-9(2)15-12/h4,7,10-11H,3,5-6,8H2,1-2H3. The number of rotatable bonds is 3. The van der Waals surface area contributed by atoms with Crippen molar-refractivity contribution in [1.82, 2.24) is 0 Å². The maximum atomic E-state index is 12.1. The van der Waals surface area contributed by atoms with Crippen molar-refractivity contribution in [1.29, 1.82) is 0 Å². The number of Topliss-reactive ketones (excluding diaryl/α,β-unsaturated/α-hetero) is 1. The van der Waals surface area contributed by atoms with Gasteiger partial charge in [-0.15, -0.1) is 11.3 Å². The molecule has 2 rings (SSSR count). The lowest BCUT2D eigenvalue weighted by atomic mass is 9.98. The van der Waals surface area contributed by atoms with E-state index in [2.05, 4.69) is 13.8 Å². The number of carbonyl (C=O) groups is 1. The molecule has 1 aromatic rings. The molecule has 2 heteroatoms. The molecule has 0 saturated heterocycles. The molecule has 1 aliphatic rings. The van der Waals surface area contributed by atoms with Crippen molar-refractivity contribution >= 4 is 17.1 Å². The number of hydrogen-bond donors (Lipinski definition) is 0. The van der Waals surface area contributed by atoms with E-state index in [1.165, 1.54) is 17.7 Å². The van der Waals surface area contributed by atoms with E-state index < -0.39 is 0 Å². The highest BCUT2D eigenvalue weighted by Gasteiger charge is 2.29. The Morgan fingerprint density at radius 2 is 2.27 bits per heavy atom. The minimum atomic E-state index is 0.313. The highest BCUT2D eigenvalue weighted by atomic mass is 32.1. The molecule has 0 amide bonds. The number of ketones is 1. The monoisotopic (exact) mass is 222 g/mol. The summed E-state index contributed by atoms with van der Waals surface area (Å²) in [5.41, 5.74) is 0. The van der Waals surface area contributed by atoms with Gasteiger partial charge in [0.15, 0.2) is 5.78 Å². The van der Waals surface area contributed by atoms with E-state index in [0.717, 1.165) is 23.6 Å². The average Bonchev–Trinajstić information content (AvgIpc) is 2.84. The molecule has 1 heterocycles. The van der Waals surface area contributed by atoms with Crippen LogP contribution in [0.1, 0.15) is 47.2 Å². The van der Waals surface area contributed by atoms with Crippen LogP contribution in [0.25, 0.3) is 0 Å². The lowest BCUT2D eigenvalue weighted by molar-refractivity contribution is 0.0924. The van der Waals surface area contributed by atoms with Gasteiger partial charge in [-0.3, -0.25) is 4.79 Å². The van der Waals surface area contributed by atoms with Crippen LogP contribution in [0.4, 0.5) is 0 Å². The van der Waals surface area contributed by atoms with E-state index in [1.807, 2.05) is 12.1 Å². The molecular formula is C13H18OS. The third-order valence-electron chi connectivity index (χ3n) is 3.47. The van der Waals surface area contributed by atoms with Gasteiger partial charge < -0.3 is 0 Å². The van der Waals surface area contributed by atoms with Crippen LogP contribution in [0.15, 0.2) is 12.1 Å². The molecule has 1 fully saturated rings. The van der Waals surface area contributed by atoms with E-state index in [9.17, 15) is 4.79 Å². The highest BCUT2D eigenvalue weighted by Crippen LogP contribution is 2.35. The molecule has 1 saturated carbocycles. The lowest BCUT2D eigenvalue weighted by Gasteiger charge is -2.07. The van der Waals surface area contributed by atoms with Crippen molar-refractivity contribution in [2.75, 3.05) is 0 Å². The van der Waals surface area contributed by atoms with E-state index in [4.69, 9.17) is 0 Å². The van der Waals surface area contributed by atoms with Crippen LogP contribution in [-0.4, -0.2) is 5.78 Å². The van der Waals surface area contributed by atoms with Crippen molar-refractivity contribution in [3.63, 3.8) is 0 Å². The number of carbonyl (C=O) groups excluding carboxylic acids is 1. The molecule has 82 valence electrons. The van der Waals surface area contributed by atoms with Gasteiger partial charge in [-0.25, -0.2) is 0 Å². The Hall–Kier alpha value is -0.630. The second kappa shape index (κ2) is 4.48. The van der Waals surface area contributed by atoms with Gasteiger partial charge in [0.1, 0.15) is 0 Å². The molecule has 2 unspecified atom stereocenters. The Bertz CT molecular complexity index is 353. The summed E-state index contributed by atoms with van der Waals surface area (Å²) < 4.78 is 0. The van der Waals surface area contributed by atoms with Crippen molar-refractivity contribution in [2.24, 2.45) is 11.8 Å².